The Hall–Kier alpha value is -4.18. The second-order valence-electron chi connectivity index (χ2n) is 7.25. The predicted molar refractivity (Wildman–Crippen MR) is 110 cm³/mol. The molecule has 2 unspecified atom stereocenters. The molecule has 1 aromatic heterocycles. The van der Waals surface area contributed by atoms with Gasteiger partial charge in [-0.15, -0.1) is 5.11 Å². The van der Waals surface area contributed by atoms with Crippen molar-refractivity contribution in [2.45, 2.75) is 6.92 Å². The Balaban J connectivity index is 1.56. The molecule has 0 radical (unpaired) electrons. The van der Waals surface area contributed by atoms with Crippen LogP contribution in [0.3, 0.4) is 0 Å². The molecule has 7 heteroatoms. The van der Waals surface area contributed by atoms with E-state index in [-0.39, 0.29) is 5.92 Å². The molecule has 1 aliphatic heterocycles. The van der Waals surface area contributed by atoms with Crippen LogP contribution in [0.1, 0.15) is 12.5 Å². The summed E-state index contributed by atoms with van der Waals surface area (Å²) in [5.74, 6) is -2.49. The molecule has 0 saturated carbocycles. The van der Waals surface area contributed by atoms with Crippen molar-refractivity contribution < 1.29 is 9.59 Å². The first kappa shape index (κ1) is 17.9. The number of nitrogens with one attached hydrogen (secondary N) is 1. The van der Waals surface area contributed by atoms with Gasteiger partial charge in [0.05, 0.1) is 12.3 Å². The van der Waals surface area contributed by atoms with Crippen molar-refractivity contribution in [2.24, 2.45) is 22.1 Å². The molecule has 2 aromatic rings. The number of amides is 1. The molecule has 0 bridgehead atoms. The van der Waals surface area contributed by atoms with E-state index in [0.717, 1.165) is 32.8 Å². The number of anilines is 1. The zero-order valence-electron chi connectivity index (χ0n) is 16.0. The van der Waals surface area contributed by atoms with Crippen LogP contribution in [0.4, 0.5) is 5.82 Å². The molecule has 144 valence electrons. The minimum absolute atomic E-state index is 0.0805. The smallest absolute Gasteiger partial charge is 0.250 e. The number of azo groups is 1. The minimum atomic E-state index is -1.48. The van der Waals surface area contributed by atoms with Crippen LogP contribution in [0, 0.1) is 23.2 Å². The summed E-state index contributed by atoms with van der Waals surface area (Å²) in [4.78, 5) is 30.0. The normalized spacial score (nSPS) is 18.7. The number of hydrogen-bond acceptors (Lipinski definition) is 6. The molecule has 1 N–H and O–H groups in total. The summed E-state index contributed by atoms with van der Waals surface area (Å²) in [5, 5.41) is 22.3. The maximum atomic E-state index is 13.3. The van der Waals surface area contributed by atoms with Crippen LogP contribution in [-0.4, -0.2) is 16.7 Å². The first-order valence-corrected chi connectivity index (χ1v) is 9.47. The highest BCUT2D eigenvalue weighted by molar-refractivity contribution is 6.30. The summed E-state index contributed by atoms with van der Waals surface area (Å²) in [6.07, 6.45) is 5.09. The Labute approximate surface area is 171 Å². The van der Waals surface area contributed by atoms with Crippen LogP contribution in [0.5, 0.6) is 0 Å². The van der Waals surface area contributed by atoms with E-state index >= 15 is 0 Å². The second kappa shape index (κ2) is 6.71. The summed E-state index contributed by atoms with van der Waals surface area (Å²) in [7, 11) is 0. The fourth-order valence-corrected chi connectivity index (χ4v) is 4.19. The van der Waals surface area contributed by atoms with Crippen LogP contribution in [-0.2, 0) is 9.59 Å². The maximum Gasteiger partial charge on any atom is 0.250 e. The lowest BCUT2D eigenvalue weighted by Gasteiger charge is -2.21. The Bertz CT molecular complexity index is 1380. The molecule has 2 heterocycles. The van der Waals surface area contributed by atoms with E-state index in [1.165, 1.54) is 6.20 Å². The lowest BCUT2D eigenvalue weighted by atomic mass is 9.81. The highest BCUT2D eigenvalue weighted by atomic mass is 16.2. The standard InChI is InChI=1S/C23H15N5O2/c1-12-9-15(22(29)16(10-24)23(30)27-18-7-2-3-8-25-18)13-5-4-6-14-20(13)19(12)17-11-26-28-21(14)17/h2-9,11-12,16H,1H3,(H,25,27,30). The first-order chi connectivity index (χ1) is 14.6. The number of ketones is 1. The summed E-state index contributed by atoms with van der Waals surface area (Å²) in [5.41, 5.74) is 3.94. The van der Waals surface area contributed by atoms with Crippen molar-refractivity contribution in [1.82, 2.24) is 4.98 Å². The van der Waals surface area contributed by atoms with Crippen LogP contribution in [0.2, 0.25) is 0 Å². The highest BCUT2D eigenvalue weighted by Gasteiger charge is 2.36. The fraction of sp³-hybridized carbons (Fsp3) is 0.130. The van der Waals surface area contributed by atoms with Gasteiger partial charge in [-0.2, -0.15) is 10.4 Å². The van der Waals surface area contributed by atoms with E-state index in [2.05, 4.69) is 20.5 Å². The summed E-state index contributed by atoms with van der Waals surface area (Å²) in [6.45, 7) is 1.99. The van der Waals surface area contributed by atoms with Gasteiger partial charge < -0.3 is 5.32 Å². The van der Waals surface area contributed by atoms with Gasteiger partial charge >= 0.3 is 0 Å². The lowest BCUT2D eigenvalue weighted by molar-refractivity contribution is -0.125. The topological polar surface area (TPSA) is 108 Å². The molecular weight excluding hydrogens is 378 g/mol. The molecule has 30 heavy (non-hydrogen) atoms. The van der Waals surface area contributed by atoms with E-state index < -0.39 is 17.6 Å². The van der Waals surface area contributed by atoms with Gasteiger partial charge in [0.25, 0.3) is 5.91 Å². The number of aromatic nitrogens is 1. The molecular formula is C23H15N5O2. The Kier molecular flexibility index (Phi) is 4.00. The molecule has 1 aromatic carbocycles. The Morgan fingerprint density at radius 1 is 1.20 bits per heavy atom. The van der Waals surface area contributed by atoms with Gasteiger partial charge in [0.1, 0.15) is 11.5 Å². The quantitative estimate of drug-likeness (QED) is 0.803. The van der Waals surface area contributed by atoms with E-state index in [1.54, 1.807) is 24.4 Å². The van der Waals surface area contributed by atoms with E-state index in [9.17, 15) is 14.9 Å². The van der Waals surface area contributed by atoms with Crippen molar-refractivity contribution in [3.8, 4) is 6.07 Å². The number of nitrogens with zero attached hydrogens (tertiary/aromatic N) is 4. The maximum absolute atomic E-state index is 13.3. The number of benzene rings is 1. The highest BCUT2D eigenvalue weighted by Crippen LogP contribution is 2.38. The number of carbonyl (C=O) groups excluding carboxylic acids is 2. The zero-order chi connectivity index (χ0) is 20.8. The predicted octanol–water partition coefficient (Wildman–Crippen LogP) is 2.08. The van der Waals surface area contributed by atoms with Crippen molar-refractivity contribution in [2.75, 3.05) is 5.32 Å². The van der Waals surface area contributed by atoms with Gasteiger partial charge in [-0.3, -0.25) is 9.59 Å². The summed E-state index contributed by atoms with van der Waals surface area (Å²) < 4.78 is 0. The number of allylic oxidation sites excluding steroid dienone is 2. The molecule has 3 aliphatic rings. The van der Waals surface area contributed by atoms with Gasteiger partial charge in [0.2, 0.25) is 0 Å². The van der Waals surface area contributed by atoms with Gasteiger partial charge in [0.15, 0.2) is 11.7 Å². The average Bonchev–Trinajstić information content (AvgIpc) is 3.34. The van der Waals surface area contributed by atoms with Crippen molar-refractivity contribution in [3.05, 3.63) is 76.4 Å². The molecule has 0 spiro atoms. The van der Waals surface area contributed by atoms with Crippen LogP contribution >= 0.6 is 0 Å². The number of rotatable bonds is 4. The Morgan fingerprint density at radius 2 is 2.07 bits per heavy atom. The molecule has 7 nitrogen and oxygen atoms in total. The molecule has 2 atom stereocenters. The number of carbonyl (C=O) groups is 2. The third-order valence-corrected chi connectivity index (χ3v) is 5.48. The number of fused-ring (bicyclic) bond motifs is 2. The fourth-order valence-electron chi connectivity index (χ4n) is 4.19. The number of nitriles is 1. The van der Waals surface area contributed by atoms with Gasteiger partial charge in [-0.1, -0.05) is 37.3 Å². The van der Waals surface area contributed by atoms with Crippen molar-refractivity contribution in [1.29, 1.82) is 5.26 Å². The van der Waals surface area contributed by atoms with Gasteiger partial charge in [-0.25, -0.2) is 4.98 Å². The van der Waals surface area contributed by atoms with E-state index in [4.69, 9.17) is 0 Å². The van der Waals surface area contributed by atoms with Crippen molar-refractivity contribution >= 4 is 34.4 Å². The van der Waals surface area contributed by atoms with E-state index in [1.807, 2.05) is 37.3 Å². The minimum Gasteiger partial charge on any atom is -0.309 e. The molecule has 1 amide bonds. The summed E-state index contributed by atoms with van der Waals surface area (Å²) in [6, 6.07) is 12.5. The second-order valence-corrected chi connectivity index (χ2v) is 7.25. The monoisotopic (exact) mass is 393 g/mol. The molecule has 2 aliphatic carbocycles. The van der Waals surface area contributed by atoms with Crippen LogP contribution in [0.25, 0.3) is 16.8 Å². The third kappa shape index (κ3) is 2.54. The third-order valence-electron chi connectivity index (χ3n) is 5.48. The number of hydrogen-bond donors (Lipinski definition) is 1. The molecule has 0 saturated heterocycles. The number of Topliss-reactive ketones (excluding diaryl/α,β-unsaturated/α-hetero) is 1. The summed E-state index contributed by atoms with van der Waals surface area (Å²) >= 11 is 0. The largest absolute Gasteiger partial charge is 0.309 e. The number of pyridine rings is 1. The Morgan fingerprint density at radius 3 is 2.83 bits per heavy atom. The molecule has 5 rings (SSSR count). The van der Waals surface area contributed by atoms with Crippen LogP contribution in [0.15, 0.2) is 70.7 Å². The first-order valence-electron chi connectivity index (χ1n) is 9.47. The SMILES string of the molecule is CC1C=C(C(=O)C(C#N)C(=O)Nc2ccccn2)c2cccc3c2=C1C1=CN=NC=31. The van der Waals surface area contributed by atoms with Gasteiger partial charge in [0, 0.05) is 28.5 Å². The molecule has 0 fully saturated rings. The zero-order valence-corrected chi connectivity index (χ0v) is 16.0. The average molecular weight is 393 g/mol. The van der Waals surface area contributed by atoms with Crippen LogP contribution < -0.4 is 15.8 Å². The van der Waals surface area contributed by atoms with Gasteiger partial charge in [-0.05, 0) is 28.5 Å². The lowest BCUT2D eigenvalue weighted by Crippen LogP contribution is -2.35. The van der Waals surface area contributed by atoms with E-state index in [0.29, 0.717) is 11.4 Å². The van der Waals surface area contributed by atoms with Crippen molar-refractivity contribution in [3.63, 3.8) is 0 Å².